The van der Waals surface area contributed by atoms with Crippen LogP contribution in [0.1, 0.15) is 35.2 Å². The number of amides is 1. The number of aliphatic hydroxyl groups excluding tert-OH is 1. The molecule has 1 amide bonds. The van der Waals surface area contributed by atoms with Gasteiger partial charge in [-0.3, -0.25) is 9.59 Å². The number of rotatable bonds is 9. The fourth-order valence-electron chi connectivity index (χ4n) is 5.08. The van der Waals surface area contributed by atoms with E-state index in [9.17, 15) is 14.7 Å². The number of fused-ring (bicyclic) bond motifs is 1. The molecule has 1 N–H and O–H groups in total. The standard InChI is InChI=1S/C31H31NO7/c1-19-15-23-16-22(10-11-24(23)39-19)29(33)27-28(32(13-14-36-2)31(35)30(27)34)21-9-12-25(26(17-21)37-3)38-18-20-7-5-4-6-8-20/h4-12,16-17,19,28,33H,13-15,18H2,1-3H3/b29-27+. The van der Waals surface area contributed by atoms with E-state index in [1.54, 1.807) is 30.3 Å². The third-order valence-corrected chi connectivity index (χ3v) is 6.99. The Morgan fingerprint density at radius 1 is 1.03 bits per heavy atom. The second-order valence-electron chi connectivity index (χ2n) is 9.62. The Morgan fingerprint density at radius 2 is 1.82 bits per heavy atom. The van der Waals surface area contributed by atoms with Crippen molar-refractivity contribution >= 4 is 17.4 Å². The number of carbonyl (C=O) groups excluding carboxylic acids is 2. The first-order valence-corrected chi connectivity index (χ1v) is 12.8. The number of Topliss-reactive ketones (excluding diaryl/α,β-unsaturated/α-hetero) is 1. The van der Waals surface area contributed by atoms with Crippen molar-refractivity contribution in [3.8, 4) is 17.2 Å². The van der Waals surface area contributed by atoms with Crippen LogP contribution in [-0.4, -0.2) is 55.2 Å². The van der Waals surface area contributed by atoms with Crippen LogP contribution in [0.4, 0.5) is 0 Å². The SMILES string of the molecule is COCCN1C(=O)C(=O)/C(=C(/O)c2ccc3c(c2)CC(C)O3)C1c1ccc(OCc2ccccc2)c(OC)c1. The van der Waals surface area contributed by atoms with E-state index in [1.807, 2.05) is 43.3 Å². The number of methoxy groups -OCH3 is 2. The average Bonchev–Trinajstić information content (AvgIpc) is 3.45. The van der Waals surface area contributed by atoms with Gasteiger partial charge in [-0.05, 0) is 53.9 Å². The molecule has 0 bridgehead atoms. The molecule has 3 aromatic carbocycles. The van der Waals surface area contributed by atoms with Crippen molar-refractivity contribution in [3.05, 3.63) is 94.6 Å². The Balaban J connectivity index is 1.54. The summed E-state index contributed by atoms with van der Waals surface area (Å²) in [7, 11) is 3.06. The predicted molar refractivity (Wildman–Crippen MR) is 145 cm³/mol. The highest BCUT2D eigenvalue weighted by Crippen LogP contribution is 2.42. The van der Waals surface area contributed by atoms with E-state index in [0.717, 1.165) is 16.9 Å². The molecule has 8 heteroatoms. The lowest BCUT2D eigenvalue weighted by molar-refractivity contribution is -0.140. The minimum Gasteiger partial charge on any atom is -0.507 e. The van der Waals surface area contributed by atoms with E-state index < -0.39 is 17.7 Å². The van der Waals surface area contributed by atoms with Gasteiger partial charge >= 0.3 is 0 Å². The molecule has 8 nitrogen and oxygen atoms in total. The lowest BCUT2D eigenvalue weighted by atomic mass is 9.94. The molecule has 0 aliphatic carbocycles. The van der Waals surface area contributed by atoms with E-state index in [4.69, 9.17) is 18.9 Å². The molecule has 2 unspecified atom stereocenters. The molecule has 2 aliphatic rings. The monoisotopic (exact) mass is 529 g/mol. The van der Waals surface area contributed by atoms with Crippen LogP contribution in [0.3, 0.4) is 0 Å². The predicted octanol–water partition coefficient (Wildman–Crippen LogP) is 4.67. The van der Waals surface area contributed by atoms with E-state index in [0.29, 0.717) is 35.7 Å². The van der Waals surface area contributed by atoms with Crippen LogP contribution in [-0.2, 0) is 27.4 Å². The number of carbonyl (C=O) groups is 2. The Labute approximate surface area is 227 Å². The summed E-state index contributed by atoms with van der Waals surface area (Å²) in [5, 5.41) is 11.4. The summed E-state index contributed by atoms with van der Waals surface area (Å²) in [4.78, 5) is 27.9. The van der Waals surface area contributed by atoms with E-state index in [1.165, 1.54) is 19.1 Å². The van der Waals surface area contributed by atoms with Gasteiger partial charge in [-0.15, -0.1) is 0 Å². The topological polar surface area (TPSA) is 94.5 Å². The van der Waals surface area contributed by atoms with Gasteiger partial charge in [-0.25, -0.2) is 0 Å². The second-order valence-corrected chi connectivity index (χ2v) is 9.62. The summed E-state index contributed by atoms with van der Waals surface area (Å²) >= 11 is 0. The number of hydrogen-bond acceptors (Lipinski definition) is 7. The maximum Gasteiger partial charge on any atom is 0.295 e. The van der Waals surface area contributed by atoms with Crippen molar-refractivity contribution in [2.75, 3.05) is 27.4 Å². The molecule has 2 heterocycles. The molecule has 3 aromatic rings. The van der Waals surface area contributed by atoms with Crippen LogP contribution in [0.2, 0.25) is 0 Å². The van der Waals surface area contributed by atoms with Crippen molar-refractivity contribution < 1.29 is 33.6 Å². The van der Waals surface area contributed by atoms with E-state index >= 15 is 0 Å². The molecule has 202 valence electrons. The first kappa shape index (κ1) is 26.3. The maximum absolute atomic E-state index is 13.3. The Kier molecular flexibility index (Phi) is 7.56. The molecule has 2 aliphatic heterocycles. The minimum absolute atomic E-state index is 0.0167. The summed E-state index contributed by atoms with van der Waals surface area (Å²) in [6.45, 7) is 2.73. The van der Waals surface area contributed by atoms with Gasteiger partial charge in [0.25, 0.3) is 11.7 Å². The van der Waals surface area contributed by atoms with Crippen LogP contribution in [0.25, 0.3) is 5.76 Å². The quantitative estimate of drug-likeness (QED) is 0.245. The highest BCUT2D eigenvalue weighted by Gasteiger charge is 2.46. The van der Waals surface area contributed by atoms with Crippen molar-refractivity contribution in [1.29, 1.82) is 0 Å². The minimum atomic E-state index is -0.833. The molecule has 39 heavy (non-hydrogen) atoms. The summed E-state index contributed by atoms with van der Waals surface area (Å²) in [5.74, 6) is 0.0502. The maximum atomic E-state index is 13.3. The molecule has 0 saturated carbocycles. The number of ketones is 1. The van der Waals surface area contributed by atoms with E-state index in [2.05, 4.69) is 0 Å². The lowest BCUT2D eigenvalue weighted by Gasteiger charge is -2.25. The van der Waals surface area contributed by atoms with Crippen LogP contribution >= 0.6 is 0 Å². The summed E-state index contributed by atoms with van der Waals surface area (Å²) in [5.41, 5.74) is 3.02. The van der Waals surface area contributed by atoms with Crippen LogP contribution in [0, 0.1) is 0 Å². The number of nitrogens with zero attached hydrogens (tertiary/aromatic N) is 1. The molecule has 5 rings (SSSR count). The van der Waals surface area contributed by atoms with Crippen LogP contribution in [0.5, 0.6) is 17.2 Å². The van der Waals surface area contributed by atoms with Gasteiger partial charge in [0, 0.05) is 25.6 Å². The highest BCUT2D eigenvalue weighted by molar-refractivity contribution is 6.46. The van der Waals surface area contributed by atoms with Crippen LogP contribution < -0.4 is 14.2 Å². The number of benzene rings is 3. The van der Waals surface area contributed by atoms with E-state index in [-0.39, 0.29) is 30.6 Å². The molecule has 0 radical (unpaired) electrons. The third kappa shape index (κ3) is 5.20. The zero-order valence-corrected chi connectivity index (χ0v) is 22.2. The summed E-state index contributed by atoms with van der Waals surface area (Å²) in [6.07, 6.45) is 0.732. The van der Waals surface area contributed by atoms with Gasteiger partial charge in [-0.2, -0.15) is 0 Å². The molecule has 1 fully saturated rings. The number of likely N-dealkylation sites (tertiary alicyclic amines) is 1. The largest absolute Gasteiger partial charge is 0.507 e. The molecule has 0 aromatic heterocycles. The fraction of sp³-hybridized carbons (Fsp3) is 0.290. The number of hydrogen-bond donors (Lipinski definition) is 1. The highest BCUT2D eigenvalue weighted by atomic mass is 16.5. The Morgan fingerprint density at radius 3 is 2.56 bits per heavy atom. The van der Waals surface area contributed by atoms with Crippen LogP contribution in [0.15, 0.2) is 72.3 Å². The molecule has 1 saturated heterocycles. The first-order valence-electron chi connectivity index (χ1n) is 12.8. The molecule has 0 spiro atoms. The lowest BCUT2D eigenvalue weighted by Crippen LogP contribution is -2.32. The summed E-state index contributed by atoms with van der Waals surface area (Å²) < 4.78 is 22.6. The molecular formula is C31H31NO7. The van der Waals surface area contributed by atoms with Crippen molar-refractivity contribution in [2.45, 2.75) is 32.1 Å². The van der Waals surface area contributed by atoms with Gasteiger partial charge in [-0.1, -0.05) is 36.4 Å². The zero-order chi connectivity index (χ0) is 27.5. The molecule has 2 atom stereocenters. The molecular weight excluding hydrogens is 498 g/mol. The van der Waals surface area contributed by atoms with Crippen molar-refractivity contribution in [3.63, 3.8) is 0 Å². The van der Waals surface area contributed by atoms with Crippen molar-refractivity contribution in [1.82, 2.24) is 4.90 Å². The van der Waals surface area contributed by atoms with Gasteiger partial charge in [0.1, 0.15) is 24.2 Å². The summed E-state index contributed by atoms with van der Waals surface area (Å²) in [6, 6.07) is 19.5. The third-order valence-electron chi connectivity index (χ3n) is 6.99. The van der Waals surface area contributed by atoms with Crippen molar-refractivity contribution in [2.24, 2.45) is 0 Å². The second kappa shape index (κ2) is 11.2. The first-order chi connectivity index (χ1) is 18.9. The Hall–Kier alpha value is -4.30. The Bertz CT molecular complexity index is 1420. The number of ether oxygens (including phenoxy) is 4. The number of aliphatic hydroxyl groups is 1. The van der Waals surface area contributed by atoms with Gasteiger partial charge in [0.05, 0.1) is 25.3 Å². The average molecular weight is 530 g/mol. The van der Waals surface area contributed by atoms with Gasteiger partial charge in [0.15, 0.2) is 11.5 Å². The zero-order valence-electron chi connectivity index (χ0n) is 22.2. The normalized spacial score (nSPS) is 19.6. The smallest absolute Gasteiger partial charge is 0.295 e. The fourth-order valence-corrected chi connectivity index (χ4v) is 5.08. The van der Waals surface area contributed by atoms with Gasteiger partial charge in [0.2, 0.25) is 0 Å². The van der Waals surface area contributed by atoms with Gasteiger partial charge < -0.3 is 29.0 Å².